The van der Waals surface area contributed by atoms with Crippen molar-refractivity contribution < 1.29 is 4.39 Å². The van der Waals surface area contributed by atoms with Crippen LogP contribution in [0.1, 0.15) is 25.3 Å². The Kier molecular flexibility index (Phi) is 4.05. The van der Waals surface area contributed by atoms with Gasteiger partial charge in [-0.2, -0.15) is 0 Å². The molecule has 1 saturated carbocycles. The summed E-state index contributed by atoms with van der Waals surface area (Å²) in [6, 6.07) is 5.69. The molecule has 3 atom stereocenters. The van der Waals surface area contributed by atoms with Gasteiger partial charge in [-0.15, -0.1) is 0 Å². The molecule has 0 amide bonds. The zero-order chi connectivity index (χ0) is 12.4. The van der Waals surface area contributed by atoms with E-state index in [2.05, 4.69) is 12.2 Å². The first-order valence-corrected chi connectivity index (χ1v) is 6.60. The van der Waals surface area contributed by atoms with Crippen LogP contribution in [-0.4, -0.2) is 13.1 Å². The SMILES string of the molecule is CNC1CCC(Cc2ccc(F)c(Cl)c2)C1C. The van der Waals surface area contributed by atoms with Gasteiger partial charge in [0.2, 0.25) is 0 Å². The maximum atomic E-state index is 13.1. The molecule has 17 heavy (non-hydrogen) atoms. The van der Waals surface area contributed by atoms with Crippen LogP contribution in [0.4, 0.5) is 4.39 Å². The lowest BCUT2D eigenvalue weighted by molar-refractivity contribution is 0.364. The zero-order valence-corrected chi connectivity index (χ0v) is 11.1. The monoisotopic (exact) mass is 255 g/mol. The number of nitrogens with one attached hydrogen (secondary N) is 1. The number of hydrogen-bond donors (Lipinski definition) is 1. The van der Waals surface area contributed by atoms with Crippen LogP contribution >= 0.6 is 11.6 Å². The molecule has 3 heteroatoms. The molecule has 0 heterocycles. The summed E-state index contributed by atoms with van der Waals surface area (Å²) < 4.78 is 13.1. The minimum Gasteiger partial charge on any atom is -0.317 e. The van der Waals surface area contributed by atoms with E-state index in [0.717, 1.165) is 12.0 Å². The van der Waals surface area contributed by atoms with Crippen LogP contribution in [0.25, 0.3) is 0 Å². The molecule has 94 valence electrons. The molecule has 1 aromatic carbocycles. The van der Waals surface area contributed by atoms with Crippen molar-refractivity contribution in [2.24, 2.45) is 11.8 Å². The van der Waals surface area contributed by atoms with Crippen molar-refractivity contribution >= 4 is 11.6 Å². The largest absolute Gasteiger partial charge is 0.317 e. The molecular weight excluding hydrogens is 237 g/mol. The van der Waals surface area contributed by atoms with Crippen molar-refractivity contribution in [1.29, 1.82) is 0 Å². The van der Waals surface area contributed by atoms with E-state index in [4.69, 9.17) is 11.6 Å². The molecule has 0 aliphatic heterocycles. The lowest BCUT2D eigenvalue weighted by Crippen LogP contribution is -2.29. The predicted molar refractivity (Wildman–Crippen MR) is 69.8 cm³/mol. The lowest BCUT2D eigenvalue weighted by Gasteiger charge is -2.20. The molecule has 0 bridgehead atoms. The third-order valence-corrected chi connectivity index (χ3v) is 4.37. The van der Waals surface area contributed by atoms with Gasteiger partial charge in [0.1, 0.15) is 5.82 Å². The molecular formula is C14H19ClFN. The van der Waals surface area contributed by atoms with Gasteiger partial charge in [-0.05, 0) is 55.8 Å². The Morgan fingerprint density at radius 2 is 2.18 bits per heavy atom. The lowest BCUT2D eigenvalue weighted by atomic mass is 9.89. The highest BCUT2D eigenvalue weighted by Crippen LogP contribution is 2.34. The number of halogens is 2. The first kappa shape index (κ1) is 12.8. The molecule has 1 N–H and O–H groups in total. The van der Waals surface area contributed by atoms with E-state index in [0.29, 0.717) is 17.9 Å². The van der Waals surface area contributed by atoms with E-state index in [1.165, 1.54) is 18.9 Å². The van der Waals surface area contributed by atoms with Crippen LogP contribution in [0.15, 0.2) is 18.2 Å². The van der Waals surface area contributed by atoms with Crippen molar-refractivity contribution in [3.63, 3.8) is 0 Å². The summed E-state index contributed by atoms with van der Waals surface area (Å²) in [7, 11) is 2.03. The average Bonchev–Trinajstić information content (AvgIpc) is 2.65. The van der Waals surface area contributed by atoms with Crippen molar-refractivity contribution in [1.82, 2.24) is 5.32 Å². The molecule has 3 unspecified atom stereocenters. The Hall–Kier alpha value is -0.600. The predicted octanol–water partition coefficient (Wildman–Crippen LogP) is 3.66. The summed E-state index contributed by atoms with van der Waals surface area (Å²) >= 11 is 5.80. The molecule has 1 nitrogen and oxygen atoms in total. The van der Waals surface area contributed by atoms with E-state index in [1.54, 1.807) is 6.07 Å². The van der Waals surface area contributed by atoms with E-state index in [9.17, 15) is 4.39 Å². The highest BCUT2D eigenvalue weighted by atomic mass is 35.5. The van der Waals surface area contributed by atoms with Crippen LogP contribution in [0, 0.1) is 17.7 Å². The van der Waals surface area contributed by atoms with E-state index in [1.807, 2.05) is 13.1 Å². The van der Waals surface area contributed by atoms with E-state index < -0.39 is 0 Å². The minimum atomic E-state index is -0.331. The fourth-order valence-electron chi connectivity index (χ4n) is 2.91. The first-order valence-electron chi connectivity index (χ1n) is 6.23. The number of benzene rings is 1. The molecule has 0 radical (unpaired) electrons. The van der Waals surface area contributed by atoms with Gasteiger partial charge in [0.15, 0.2) is 0 Å². The second-order valence-corrected chi connectivity index (χ2v) is 5.45. The summed E-state index contributed by atoms with van der Waals surface area (Å²) in [5, 5.41) is 3.60. The fourth-order valence-corrected chi connectivity index (χ4v) is 3.12. The summed E-state index contributed by atoms with van der Waals surface area (Å²) in [5.74, 6) is 1.01. The van der Waals surface area contributed by atoms with Crippen molar-refractivity contribution in [2.45, 2.75) is 32.2 Å². The Bertz CT molecular complexity index is 394. The van der Waals surface area contributed by atoms with Gasteiger partial charge in [-0.1, -0.05) is 24.6 Å². The average molecular weight is 256 g/mol. The van der Waals surface area contributed by atoms with Gasteiger partial charge >= 0.3 is 0 Å². The van der Waals surface area contributed by atoms with Crippen LogP contribution in [0.5, 0.6) is 0 Å². The Morgan fingerprint density at radius 1 is 1.41 bits per heavy atom. The van der Waals surface area contributed by atoms with Gasteiger partial charge in [0.25, 0.3) is 0 Å². The summed E-state index contributed by atoms with van der Waals surface area (Å²) in [6.45, 7) is 2.30. The van der Waals surface area contributed by atoms with Crippen LogP contribution < -0.4 is 5.32 Å². The van der Waals surface area contributed by atoms with Gasteiger partial charge < -0.3 is 5.32 Å². The van der Waals surface area contributed by atoms with Gasteiger partial charge in [0.05, 0.1) is 5.02 Å². The maximum absolute atomic E-state index is 13.1. The molecule has 2 rings (SSSR count). The third-order valence-electron chi connectivity index (χ3n) is 4.08. The number of rotatable bonds is 3. The van der Waals surface area contributed by atoms with Crippen LogP contribution in [0.3, 0.4) is 0 Å². The van der Waals surface area contributed by atoms with Crippen LogP contribution in [-0.2, 0) is 6.42 Å². The summed E-state index contributed by atoms with van der Waals surface area (Å²) in [5.41, 5.74) is 1.14. The van der Waals surface area contributed by atoms with Gasteiger partial charge in [-0.25, -0.2) is 4.39 Å². The second-order valence-electron chi connectivity index (χ2n) is 5.04. The van der Waals surface area contributed by atoms with Gasteiger partial charge in [0, 0.05) is 6.04 Å². The molecule has 1 aliphatic carbocycles. The normalized spacial score (nSPS) is 28.6. The summed E-state index contributed by atoms with van der Waals surface area (Å²) in [6.07, 6.45) is 3.47. The molecule has 0 aromatic heterocycles. The van der Waals surface area contributed by atoms with Crippen molar-refractivity contribution in [3.8, 4) is 0 Å². The Balaban J connectivity index is 2.04. The second kappa shape index (κ2) is 5.36. The Morgan fingerprint density at radius 3 is 2.76 bits per heavy atom. The first-order chi connectivity index (χ1) is 8.11. The van der Waals surface area contributed by atoms with Crippen molar-refractivity contribution in [2.75, 3.05) is 7.05 Å². The third kappa shape index (κ3) is 2.80. The quantitative estimate of drug-likeness (QED) is 0.869. The zero-order valence-electron chi connectivity index (χ0n) is 10.3. The fraction of sp³-hybridized carbons (Fsp3) is 0.571. The molecule has 1 aromatic rings. The standard InChI is InChI=1S/C14H19ClFN/c1-9-11(4-6-14(9)17-2)7-10-3-5-13(16)12(15)8-10/h3,5,8-9,11,14,17H,4,6-7H2,1-2H3. The van der Waals surface area contributed by atoms with Crippen LogP contribution in [0.2, 0.25) is 5.02 Å². The smallest absolute Gasteiger partial charge is 0.141 e. The Labute approximate surface area is 107 Å². The van der Waals surface area contributed by atoms with Crippen molar-refractivity contribution in [3.05, 3.63) is 34.6 Å². The summed E-state index contributed by atoms with van der Waals surface area (Å²) in [4.78, 5) is 0. The topological polar surface area (TPSA) is 12.0 Å². The highest BCUT2D eigenvalue weighted by Gasteiger charge is 2.31. The molecule has 0 spiro atoms. The highest BCUT2D eigenvalue weighted by molar-refractivity contribution is 6.30. The minimum absolute atomic E-state index is 0.235. The van der Waals surface area contributed by atoms with Gasteiger partial charge in [-0.3, -0.25) is 0 Å². The van der Waals surface area contributed by atoms with E-state index in [-0.39, 0.29) is 10.8 Å². The molecule has 0 saturated heterocycles. The molecule has 1 fully saturated rings. The number of hydrogen-bond acceptors (Lipinski definition) is 1. The molecule has 1 aliphatic rings. The maximum Gasteiger partial charge on any atom is 0.141 e. The van der Waals surface area contributed by atoms with E-state index >= 15 is 0 Å².